The molecule has 0 saturated carbocycles. The molecule has 0 heterocycles. The van der Waals surface area contributed by atoms with Crippen molar-refractivity contribution in [1.82, 2.24) is 0 Å². The van der Waals surface area contributed by atoms with E-state index in [2.05, 4.69) is 0 Å². The minimum Gasteiger partial charge on any atom is -0.508 e. The van der Waals surface area contributed by atoms with Gasteiger partial charge in [-0.25, -0.2) is 0 Å². The number of fused-ring (bicyclic) bond motifs is 1. The van der Waals surface area contributed by atoms with E-state index in [9.17, 15) is 20.1 Å². The average molecular weight is 310 g/mol. The molecule has 4 heteroatoms. The van der Waals surface area contributed by atoms with Crippen LogP contribution < -0.4 is 0 Å². The zero-order valence-electron chi connectivity index (χ0n) is 11.7. The van der Waals surface area contributed by atoms with Crippen molar-refractivity contribution in [1.29, 1.82) is 0 Å². The molecule has 0 aliphatic heterocycles. The van der Waals surface area contributed by atoms with Gasteiger partial charge in [-0.05, 0) is 41.3 Å². The highest BCUT2D eigenvalue weighted by atomic mass is 16.3. The fraction of sp³-hybridized carbons (Fsp3) is 0.105. The Bertz CT molecular complexity index is 868. The van der Waals surface area contributed by atoms with Crippen LogP contribution in [0.5, 0.6) is 17.2 Å². The van der Waals surface area contributed by atoms with Crippen LogP contribution in [0, 0.1) is 0 Å². The monoisotopic (exact) mass is 310 g/mol. The number of carbonyl (C=O) groups excluding carboxylic acids is 1. The molecule has 0 aromatic heterocycles. The summed E-state index contributed by atoms with van der Waals surface area (Å²) in [7, 11) is 0. The maximum absolute atomic E-state index is 12.4. The fourth-order valence-corrected chi connectivity index (χ4v) is 2.47. The van der Waals surface area contributed by atoms with E-state index < -0.39 is 0 Å². The summed E-state index contributed by atoms with van der Waals surface area (Å²) in [5.41, 5.74) is 0.863. The first-order chi connectivity index (χ1) is 10.5. The molecule has 0 aliphatic carbocycles. The van der Waals surface area contributed by atoms with Gasteiger partial charge in [-0.1, -0.05) is 31.7 Å². The normalized spacial score (nSPS) is 10.3. The Labute approximate surface area is 134 Å². The molecule has 3 aromatic rings. The predicted octanol–water partition coefficient (Wildman–Crippen LogP) is 4.02. The second kappa shape index (κ2) is 6.40. The third-order valence-corrected chi connectivity index (χ3v) is 3.55. The van der Waals surface area contributed by atoms with Crippen molar-refractivity contribution in [2.75, 3.05) is 0 Å². The molecular weight excluding hydrogens is 292 g/mol. The molecule has 0 fully saturated rings. The Morgan fingerprint density at radius 2 is 1.61 bits per heavy atom. The molecule has 0 radical (unpaired) electrons. The highest BCUT2D eigenvalue weighted by molar-refractivity contribution is 6.04. The minimum absolute atomic E-state index is 0. The van der Waals surface area contributed by atoms with Crippen LogP contribution in [0.25, 0.3) is 10.8 Å². The summed E-state index contributed by atoms with van der Waals surface area (Å²) in [6.45, 7) is 0. The Hall–Kier alpha value is -3.01. The van der Waals surface area contributed by atoms with Crippen molar-refractivity contribution in [3.05, 3.63) is 65.7 Å². The quantitative estimate of drug-likeness (QED) is 0.639. The van der Waals surface area contributed by atoms with Gasteiger partial charge in [-0.15, -0.1) is 0 Å². The fourth-order valence-electron chi connectivity index (χ4n) is 2.47. The van der Waals surface area contributed by atoms with Gasteiger partial charge in [-0.3, -0.25) is 4.79 Å². The standard InChI is InChI=1S/C18H14O4.CH4/c19-13-5-1-3-11(7-13)8-17(21)15-9-12-4-2-6-16(20)14(12)10-18(15)22;/h1-7,9-10,19-20,22H,8H2;1H4. The molecule has 0 unspecified atom stereocenters. The summed E-state index contributed by atoms with van der Waals surface area (Å²) < 4.78 is 0. The van der Waals surface area contributed by atoms with Crippen LogP contribution in [0.4, 0.5) is 0 Å². The third kappa shape index (κ3) is 3.26. The lowest BCUT2D eigenvalue weighted by atomic mass is 9.98. The van der Waals surface area contributed by atoms with E-state index in [4.69, 9.17) is 0 Å². The van der Waals surface area contributed by atoms with Gasteiger partial charge in [0.25, 0.3) is 0 Å². The summed E-state index contributed by atoms with van der Waals surface area (Å²) in [5, 5.41) is 30.4. The molecule has 118 valence electrons. The molecule has 0 atom stereocenters. The van der Waals surface area contributed by atoms with Gasteiger partial charge in [0, 0.05) is 11.8 Å². The van der Waals surface area contributed by atoms with E-state index in [1.165, 1.54) is 24.3 Å². The van der Waals surface area contributed by atoms with E-state index in [1.807, 2.05) is 0 Å². The number of phenolic OH excluding ortho intramolecular Hbond substituents is 3. The molecule has 3 rings (SSSR count). The van der Waals surface area contributed by atoms with Crippen LogP contribution in [0.1, 0.15) is 23.3 Å². The zero-order chi connectivity index (χ0) is 15.7. The summed E-state index contributed by atoms with van der Waals surface area (Å²) in [4.78, 5) is 12.4. The van der Waals surface area contributed by atoms with E-state index in [0.717, 1.165) is 0 Å². The van der Waals surface area contributed by atoms with Crippen LogP contribution in [0.15, 0.2) is 54.6 Å². The van der Waals surface area contributed by atoms with Crippen molar-refractivity contribution in [3.63, 3.8) is 0 Å². The third-order valence-electron chi connectivity index (χ3n) is 3.55. The van der Waals surface area contributed by atoms with Gasteiger partial charge >= 0.3 is 0 Å². The number of rotatable bonds is 3. The molecule has 3 aromatic carbocycles. The first-order valence-electron chi connectivity index (χ1n) is 6.80. The smallest absolute Gasteiger partial charge is 0.170 e. The lowest BCUT2D eigenvalue weighted by Crippen LogP contribution is -2.04. The molecular formula is C19H18O4. The number of carbonyl (C=O) groups is 1. The number of Topliss-reactive ketones (excluding diaryl/α,β-unsaturated/α-hetero) is 1. The minimum atomic E-state index is -0.256. The first kappa shape index (κ1) is 16.4. The van der Waals surface area contributed by atoms with Crippen LogP contribution in [-0.4, -0.2) is 21.1 Å². The lowest BCUT2D eigenvalue weighted by molar-refractivity contribution is 0.0990. The Kier molecular flexibility index (Phi) is 4.55. The summed E-state index contributed by atoms with van der Waals surface area (Å²) in [5.74, 6) is -0.273. The summed E-state index contributed by atoms with van der Waals surface area (Å²) in [6.07, 6.45) is 0.0757. The molecule has 3 N–H and O–H groups in total. The average Bonchev–Trinajstić information content (AvgIpc) is 2.47. The largest absolute Gasteiger partial charge is 0.508 e. The second-order valence-electron chi connectivity index (χ2n) is 5.14. The van der Waals surface area contributed by atoms with Crippen molar-refractivity contribution in [2.45, 2.75) is 13.8 Å². The van der Waals surface area contributed by atoms with E-state index >= 15 is 0 Å². The highest BCUT2D eigenvalue weighted by Crippen LogP contribution is 2.31. The molecule has 4 nitrogen and oxygen atoms in total. The van der Waals surface area contributed by atoms with Gasteiger partial charge in [0.1, 0.15) is 17.2 Å². The van der Waals surface area contributed by atoms with Gasteiger partial charge in [-0.2, -0.15) is 0 Å². The van der Waals surface area contributed by atoms with Crippen molar-refractivity contribution in [2.24, 2.45) is 0 Å². The van der Waals surface area contributed by atoms with Gasteiger partial charge < -0.3 is 15.3 Å². The maximum atomic E-state index is 12.4. The van der Waals surface area contributed by atoms with Crippen LogP contribution >= 0.6 is 0 Å². The second-order valence-corrected chi connectivity index (χ2v) is 5.14. The molecule has 0 amide bonds. The lowest BCUT2D eigenvalue weighted by Gasteiger charge is -2.08. The molecule has 0 spiro atoms. The van der Waals surface area contributed by atoms with Crippen LogP contribution in [0.3, 0.4) is 0 Å². The topological polar surface area (TPSA) is 77.8 Å². The van der Waals surface area contributed by atoms with Crippen molar-refractivity contribution in [3.8, 4) is 17.2 Å². The van der Waals surface area contributed by atoms with Crippen LogP contribution in [-0.2, 0) is 6.42 Å². The number of hydrogen-bond acceptors (Lipinski definition) is 4. The van der Waals surface area contributed by atoms with Gasteiger partial charge in [0.15, 0.2) is 5.78 Å². The van der Waals surface area contributed by atoms with Crippen LogP contribution in [0.2, 0.25) is 0 Å². The maximum Gasteiger partial charge on any atom is 0.170 e. The number of hydrogen-bond donors (Lipinski definition) is 3. The molecule has 0 saturated heterocycles. The molecule has 0 aliphatic rings. The first-order valence-corrected chi connectivity index (χ1v) is 6.80. The summed E-state index contributed by atoms with van der Waals surface area (Å²) in [6, 6.07) is 14.4. The van der Waals surface area contributed by atoms with Gasteiger partial charge in [0.05, 0.1) is 5.56 Å². The SMILES string of the molecule is C.O=C(Cc1cccc(O)c1)c1cc2cccc(O)c2cc1O. The van der Waals surface area contributed by atoms with Gasteiger partial charge in [0.2, 0.25) is 0 Å². The Morgan fingerprint density at radius 1 is 0.870 bits per heavy atom. The Morgan fingerprint density at radius 3 is 2.35 bits per heavy atom. The zero-order valence-corrected chi connectivity index (χ0v) is 11.7. The van der Waals surface area contributed by atoms with Crippen molar-refractivity contribution >= 4 is 16.6 Å². The number of benzene rings is 3. The van der Waals surface area contributed by atoms with E-state index in [1.54, 1.807) is 30.3 Å². The molecule has 0 bridgehead atoms. The Balaban J connectivity index is 0.00000192. The molecule has 23 heavy (non-hydrogen) atoms. The van der Waals surface area contributed by atoms with E-state index in [0.29, 0.717) is 16.3 Å². The number of phenols is 3. The number of ketones is 1. The highest BCUT2D eigenvalue weighted by Gasteiger charge is 2.14. The predicted molar refractivity (Wildman–Crippen MR) is 90.1 cm³/mol. The number of aromatic hydroxyl groups is 3. The van der Waals surface area contributed by atoms with Crippen molar-refractivity contribution < 1.29 is 20.1 Å². The summed E-state index contributed by atoms with van der Waals surface area (Å²) >= 11 is 0. The van der Waals surface area contributed by atoms with E-state index in [-0.39, 0.29) is 42.4 Å².